The topological polar surface area (TPSA) is 58.6 Å². The first-order valence-electron chi connectivity index (χ1n) is 4.55. The molecule has 1 rings (SSSR count). The highest BCUT2D eigenvalue weighted by Gasteiger charge is 2.31. The van der Waals surface area contributed by atoms with Crippen LogP contribution in [-0.4, -0.2) is 28.9 Å². The summed E-state index contributed by atoms with van der Waals surface area (Å²) in [6.45, 7) is 5.49. The molecule has 0 aromatic heterocycles. The molecule has 0 aromatic carbocycles. The van der Waals surface area contributed by atoms with Crippen LogP contribution in [-0.2, 0) is 9.53 Å². The Morgan fingerprint density at radius 3 is 2.46 bits per heavy atom. The van der Waals surface area contributed by atoms with Gasteiger partial charge in [0.25, 0.3) is 0 Å². The molecule has 1 aliphatic rings. The van der Waals surface area contributed by atoms with E-state index < -0.39 is 11.8 Å². The average Bonchev–Trinajstić information content (AvgIpc) is 2.31. The first-order valence-corrected chi connectivity index (χ1v) is 4.55. The Hall–Kier alpha value is -0.610. The Morgan fingerprint density at radius 1 is 1.46 bits per heavy atom. The molecule has 1 saturated heterocycles. The minimum absolute atomic E-state index is 0.274. The van der Waals surface area contributed by atoms with E-state index in [1.807, 2.05) is 20.8 Å². The van der Waals surface area contributed by atoms with Crippen LogP contribution in [0.2, 0.25) is 0 Å². The van der Waals surface area contributed by atoms with Crippen LogP contribution in [0.25, 0.3) is 0 Å². The van der Waals surface area contributed by atoms with Crippen LogP contribution in [0.1, 0.15) is 33.6 Å². The summed E-state index contributed by atoms with van der Waals surface area (Å²) in [5.74, 6) is -0.274. The van der Waals surface area contributed by atoms with E-state index in [2.05, 4.69) is 5.32 Å². The predicted octanol–water partition coefficient (Wildman–Crippen LogP) is 0.398. The molecular formula is C9H17NO3. The van der Waals surface area contributed by atoms with E-state index in [4.69, 9.17) is 9.84 Å². The monoisotopic (exact) mass is 187 g/mol. The number of carbonyl (C=O) groups is 1. The summed E-state index contributed by atoms with van der Waals surface area (Å²) in [7, 11) is 0. The first kappa shape index (κ1) is 10.5. The summed E-state index contributed by atoms with van der Waals surface area (Å²) in [5, 5.41) is 11.9. The molecule has 0 aromatic rings. The maximum Gasteiger partial charge on any atom is 0.323 e. The zero-order valence-corrected chi connectivity index (χ0v) is 8.33. The second kappa shape index (κ2) is 3.64. The van der Waals surface area contributed by atoms with Crippen molar-refractivity contribution in [3.63, 3.8) is 0 Å². The molecule has 13 heavy (non-hydrogen) atoms. The largest absolute Gasteiger partial charge is 0.459 e. The fourth-order valence-electron chi connectivity index (χ4n) is 1.28. The molecule has 0 saturated carbocycles. The lowest BCUT2D eigenvalue weighted by molar-refractivity contribution is -0.157. The van der Waals surface area contributed by atoms with Crippen LogP contribution in [0.15, 0.2) is 0 Å². The molecule has 4 nitrogen and oxygen atoms in total. The second-order valence-corrected chi connectivity index (χ2v) is 4.35. The highest BCUT2D eigenvalue weighted by Crippen LogP contribution is 2.15. The first-order chi connectivity index (χ1) is 5.88. The lowest BCUT2D eigenvalue weighted by Crippen LogP contribution is -2.39. The van der Waals surface area contributed by atoms with Crippen LogP contribution >= 0.6 is 0 Å². The summed E-state index contributed by atoms with van der Waals surface area (Å²) < 4.78 is 5.16. The standard InChI is InChI=1S/C9H17NO3/c1-9(2,3)13-8(12)6-4-5-7(11)10-6/h6-7,10-11H,4-5H2,1-3H3/t6-,7?/m0/s1. The number of esters is 1. The van der Waals surface area contributed by atoms with Gasteiger partial charge in [0, 0.05) is 0 Å². The van der Waals surface area contributed by atoms with E-state index in [9.17, 15) is 4.79 Å². The van der Waals surface area contributed by atoms with E-state index in [0.29, 0.717) is 12.8 Å². The summed E-state index contributed by atoms with van der Waals surface area (Å²) in [5.41, 5.74) is -0.452. The van der Waals surface area contributed by atoms with Crippen LogP contribution in [0.5, 0.6) is 0 Å². The van der Waals surface area contributed by atoms with Crippen molar-refractivity contribution in [2.75, 3.05) is 0 Å². The molecule has 2 N–H and O–H groups in total. The summed E-state index contributed by atoms with van der Waals surface area (Å²) in [6.07, 6.45) is 0.706. The minimum atomic E-state index is -0.558. The number of hydrogen-bond acceptors (Lipinski definition) is 4. The van der Waals surface area contributed by atoms with Crippen LogP contribution < -0.4 is 5.32 Å². The highest BCUT2D eigenvalue weighted by molar-refractivity contribution is 5.76. The van der Waals surface area contributed by atoms with E-state index in [0.717, 1.165) is 0 Å². The van der Waals surface area contributed by atoms with Gasteiger partial charge in [-0.25, -0.2) is 0 Å². The number of aliphatic hydroxyl groups excluding tert-OH is 1. The van der Waals surface area contributed by atoms with Gasteiger partial charge in [-0.3, -0.25) is 10.1 Å². The molecule has 1 fully saturated rings. The van der Waals surface area contributed by atoms with Crippen molar-refractivity contribution in [3.8, 4) is 0 Å². The fourth-order valence-corrected chi connectivity index (χ4v) is 1.28. The number of nitrogens with one attached hydrogen (secondary N) is 1. The van der Waals surface area contributed by atoms with Gasteiger partial charge in [-0.1, -0.05) is 0 Å². The van der Waals surface area contributed by atoms with Crippen molar-refractivity contribution < 1.29 is 14.6 Å². The number of carbonyl (C=O) groups excluding carboxylic acids is 1. The van der Waals surface area contributed by atoms with Crippen molar-refractivity contribution in [1.29, 1.82) is 0 Å². The van der Waals surface area contributed by atoms with E-state index in [-0.39, 0.29) is 12.0 Å². The lowest BCUT2D eigenvalue weighted by atomic mass is 10.2. The Labute approximate surface area is 78.3 Å². The molecule has 1 heterocycles. The Bertz CT molecular complexity index is 198. The minimum Gasteiger partial charge on any atom is -0.459 e. The summed E-state index contributed by atoms with van der Waals surface area (Å²) in [6, 6.07) is -0.339. The van der Waals surface area contributed by atoms with Gasteiger partial charge in [0.05, 0.1) is 0 Å². The maximum absolute atomic E-state index is 11.4. The predicted molar refractivity (Wildman–Crippen MR) is 48.0 cm³/mol. The van der Waals surface area contributed by atoms with Gasteiger partial charge in [0.2, 0.25) is 0 Å². The van der Waals surface area contributed by atoms with E-state index in [1.54, 1.807) is 0 Å². The molecule has 76 valence electrons. The molecule has 0 spiro atoms. The quantitative estimate of drug-likeness (QED) is 0.583. The van der Waals surface area contributed by atoms with E-state index >= 15 is 0 Å². The molecule has 1 unspecified atom stereocenters. The van der Waals surface area contributed by atoms with Crippen LogP contribution in [0.3, 0.4) is 0 Å². The number of hydrogen-bond donors (Lipinski definition) is 2. The van der Waals surface area contributed by atoms with Crippen molar-refractivity contribution >= 4 is 5.97 Å². The molecule has 0 amide bonds. The van der Waals surface area contributed by atoms with Gasteiger partial charge in [-0.2, -0.15) is 0 Å². The SMILES string of the molecule is CC(C)(C)OC(=O)[C@@H]1CCC(O)N1. The molecule has 0 radical (unpaired) electrons. The average molecular weight is 187 g/mol. The lowest BCUT2D eigenvalue weighted by Gasteiger charge is -2.22. The van der Waals surface area contributed by atoms with Gasteiger partial charge < -0.3 is 9.84 Å². The highest BCUT2D eigenvalue weighted by atomic mass is 16.6. The Morgan fingerprint density at radius 2 is 2.08 bits per heavy atom. The molecule has 2 atom stereocenters. The zero-order valence-electron chi connectivity index (χ0n) is 8.33. The third kappa shape index (κ3) is 3.32. The normalized spacial score (nSPS) is 28.9. The van der Waals surface area contributed by atoms with Crippen molar-refractivity contribution in [1.82, 2.24) is 5.32 Å². The van der Waals surface area contributed by atoms with Gasteiger partial charge in [0.1, 0.15) is 17.9 Å². The Kier molecular flexibility index (Phi) is 2.93. The molecule has 0 bridgehead atoms. The van der Waals surface area contributed by atoms with Gasteiger partial charge in [0.15, 0.2) is 0 Å². The number of rotatable bonds is 1. The van der Waals surface area contributed by atoms with E-state index in [1.165, 1.54) is 0 Å². The van der Waals surface area contributed by atoms with Crippen molar-refractivity contribution in [3.05, 3.63) is 0 Å². The van der Waals surface area contributed by atoms with Gasteiger partial charge in [-0.05, 0) is 33.6 Å². The summed E-state index contributed by atoms with van der Waals surface area (Å²) >= 11 is 0. The Balaban J connectivity index is 2.41. The van der Waals surface area contributed by atoms with Crippen LogP contribution in [0, 0.1) is 0 Å². The van der Waals surface area contributed by atoms with Crippen LogP contribution in [0.4, 0.5) is 0 Å². The molecular weight excluding hydrogens is 170 g/mol. The molecule has 0 aliphatic carbocycles. The van der Waals surface area contributed by atoms with Gasteiger partial charge in [-0.15, -0.1) is 0 Å². The molecule has 1 aliphatic heterocycles. The van der Waals surface area contributed by atoms with Gasteiger partial charge >= 0.3 is 5.97 Å². The fraction of sp³-hybridized carbons (Fsp3) is 0.889. The smallest absolute Gasteiger partial charge is 0.323 e. The third-order valence-electron chi connectivity index (χ3n) is 1.81. The van der Waals surface area contributed by atoms with Crippen molar-refractivity contribution in [2.45, 2.75) is 51.5 Å². The second-order valence-electron chi connectivity index (χ2n) is 4.35. The zero-order chi connectivity index (χ0) is 10.1. The maximum atomic E-state index is 11.4. The number of aliphatic hydroxyl groups is 1. The summed E-state index contributed by atoms with van der Waals surface area (Å²) in [4.78, 5) is 11.4. The third-order valence-corrected chi connectivity index (χ3v) is 1.81. The molecule has 4 heteroatoms. The number of ether oxygens (including phenoxy) is 1. The van der Waals surface area contributed by atoms with Crippen molar-refractivity contribution in [2.24, 2.45) is 0 Å².